The summed E-state index contributed by atoms with van der Waals surface area (Å²) in [5, 5.41) is 9.43. The highest BCUT2D eigenvalue weighted by Crippen LogP contribution is 2.52. The third kappa shape index (κ3) is 1.97. The van der Waals surface area contributed by atoms with Crippen molar-refractivity contribution in [3.05, 3.63) is 17.6 Å². The van der Waals surface area contributed by atoms with E-state index in [0.29, 0.717) is 6.54 Å². The molecule has 0 amide bonds. The highest BCUT2D eigenvalue weighted by Gasteiger charge is 2.53. The maximum atomic E-state index is 11.5. The summed E-state index contributed by atoms with van der Waals surface area (Å²) >= 11 is 0. The van der Waals surface area contributed by atoms with Gasteiger partial charge in [0.1, 0.15) is 11.6 Å². The van der Waals surface area contributed by atoms with Crippen molar-refractivity contribution in [2.75, 3.05) is 18.0 Å². The van der Waals surface area contributed by atoms with Crippen LogP contribution in [-0.4, -0.2) is 34.1 Å². The molecule has 1 aliphatic carbocycles. The second-order valence-electron chi connectivity index (χ2n) is 5.90. The smallest absolute Gasteiger partial charge is 0.308 e. The summed E-state index contributed by atoms with van der Waals surface area (Å²) in [5.41, 5.74) is 0.919. The fraction of sp³-hybridized carbons (Fsp3) is 0.643. The number of aromatic nitrogens is 2. The molecule has 0 radical (unpaired) electrons. The van der Waals surface area contributed by atoms with E-state index in [-0.39, 0.29) is 11.3 Å². The van der Waals surface area contributed by atoms with Crippen LogP contribution in [0, 0.1) is 25.2 Å². The molecule has 1 aromatic heterocycles. The molecule has 3 rings (SSSR count). The minimum absolute atomic E-state index is 0.0153. The molecule has 102 valence electrons. The molecule has 1 unspecified atom stereocenters. The zero-order valence-electron chi connectivity index (χ0n) is 11.4. The van der Waals surface area contributed by atoms with Gasteiger partial charge in [-0.15, -0.1) is 0 Å². The Morgan fingerprint density at radius 1 is 1.42 bits per heavy atom. The van der Waals surface area contributed by atoms with Crippen LogP contribution in [0.4, 0.5) is 5.82 Å². The summed E-state index contributed by atoms with van der Waals surface area (Å²) in [6, 6.07) is 1.95. The van der Waals surface area contributed by atoms with Gasteiger partial charge in [-0.25, -0.2) is 9.97 Å². The molecule has 1 saturated carbocycles. The van der Waals surface area contributed by atoms with E-state index in [2.05, 4.69) is 14.9 Å². The van der Waals surface area contributed by atoms with Crippen molar-refractivity contribution >= 4 is 11.8 Å². The molecule has 1 N–H and O–H groups in total. The van der Waals surface area contributed by atoms with Gasteiger partial charge in [0, 0.05) is 30.3 Å². The third-order valence-corrected chi connectivity index (χ3v) is 4.57. The first-order chi connectivity index (χ1) is 9.00. The monoisotopic (exact) mass is 261 g/mol. The largest absolute Gasteiger partial charge is 0.481 e. The number of nitrogens with zero attached hydrogens (tertiary/aromatic N) is 3. The maximum absolute atomic E-state index is 11.5. The first kappa shape index (κ1) is 12.4. The Morgan fingerprint density at radius 3 is 2.63 bits per heavy atom. The van der Waals surface area contributed by atoms with Crippen LogP contribution in [0.3, 0.4) is 0 Å². The molecule has 5 heteroatoms. The summed E-state index contributed by atoms with van der Waals surface area (Å²) in [7, 11) is 0. The Morgan fingerprint density at radius 2 is 2.16 bits per heavy atom. The molecule has 1 saturated heterocycles. The molecule has 2 aliphatic rings. The highest BCUT2D eigenvalue weighted by atomic mass is 16.4. The molecule has 2 fully saturated rings. The number of carboxylic acids is 1. The van der Waals surface area contributed by atoms with Gasteiger partial charge in [0.15, 0.2) is 0 Å². The second kappa shape index (κ2) is 4.18. The fourth-order valence-electron chi connectivity index (χ4n) is 3.48. The Hall–Kier alpha value is -1.65. The molecule has 2 heterocycles. The minimum Gasteiger partial charge on any atom is -0.481 e. The number of rotatable bonds is 2. The van der Waals surface area contributed by atoms with E-state index in [1.807, 2.05) is 19.9 Å². The van der Waals surface area contributed by atoms with Crippen LogP contribution in [0.1, 0.15) is 30.8 Å². The van der Waals surface area contributed by atoms with Gasteiger partial charge >= 0.3 is 5.97 Å². The van der Waals surface area contributed by atoms with Crippen molar-refractivity contribution in [1.29, 1.82) is 0 Å². The number of hydrogen-bond acceptors (Lipinski definition) is 4. The van der Waals surface area contributed by atoms with Gasteiger partial charge in [-0.1, -0.05) is 6.42 Å². The van der Waals surface area contributed by atoms with Crippen molar-refractivity contribution in [3.8, 4) is 0 Å². The van der Waals surface area contributed by atoms with Crippen LogP contribution in [0.5, 0.6) is 0 Å². The average molecular weight is 261 g/mol. The lowest BCUT2D eigenvalue weighted by Gasteiger charge is -2.41. The number of anilines is 1. The van der Waals surface area contributed by atoms with Crippen LogP contribution in [0.15, 0.2) is 6.07 Å². The quantitative estimate of drug-likeness (QED) is 0.879. The average Bonchev–Trinajstić information content (AvgIpc) is 2.67. The molecule has 1 atom stereocenters. The summed E-state index contributed by atoms with van der Waals surface area (Å²) in [6.07, 6.45) is 3.21. The molecule has 1 aromatic rings. The molecule has 19 heavy (non-hydrogen) atoms. The zero-order chi connectivity index (χ0) is 13.6. The normalized spacial score (nSPS) is 24.5. The van der Waals surface area contributed by atoms with E-state index in [1.54, 1.807) is 0 Å². The van der Waals surface area contributed by atoms with Crippen molar-refractivity contribution in [3.63, 3.8) is 0 Å². The van der Waals surface area contributed by atoms with Gasteiger partial charge in [0.2, 0.25) is 0 Å². The van der Waals surface area contributed by atoms with Gasteiger partial charge in [0.05, 0.1) is 5.92 Å². The van der Waals surface area contributed by atoms with Crippen LogP contribution in [-0.2, 0) is 4.79 Å². The number of aliphatic carboxylic acids is 1. The number of carbonyl (C=O) groups is 1. The van der Waals surface area contributed by atoms with Crippen LogP contribution < -0.4 is 4.90 Å². The zero-order valence-corrected chi connectivity index (χ0v) is 11.4. The topological polar surface area (TPSA) is 66.3 Å². The van der Waals surface area contributed by atoms with Gasteiger partial charge in [0.25, 0.3) is 0 Å². The van der Waals surface area contributed by atoms with Crippen molar-refractivity contribution in [2.24, 2.45) is 11.3 Å². The Kier molecular flexibility index (Phi) is 2.73. The van der Waals surface area contributed by atoms with Gasteiger partial charge in [-0.05, 0) is 26.7 Å². The number of hydrogen-bond donors (Lipinski definition) is 1. The summed E-state index contributed by atoms with van der Waals surface area (Å²) < 4.78 is 0. The van der Waals surface area contributed by atoms with E-state index in [4.69, 9.17) is 0 Å². The van der Waals surface area contributed by atoms with Crippen LogP contribution in [0.2, 0.25) is 0 Å². The second-order valence-corrected chi connectivity index (χ2v) is 5.90. The van der Waals surface area contributed by atoms with E-state index < -0.39 is 5.97 Å². The Labute approximate surface area is 112 Å². The van der Waals surface area contributed by atoms with E-state index in [1.165, 1.54) is 0 Å². The molecular weight excluding hydrogens is 242 g/mol. The number of carboxylic acid groups (broad SMARTS) is 1. The van der Waals surface area contributed by atoms with Crippen molar-refractivity contribution < 1.29 is 9.90 Å². The third-order valence-electron chi connectivity index (χ3n) is 4.57. The maximum Gasteiger partial charge on any atom is 0.308 e. The fourth-order valence-corrected chi connectivity index (χ4v) is 3.48. The van der Waals surface area contributed by atoms with Crippen molar-refractivity contribution in [2.45, 2.75) is 33.1 Å². The predicted octanol–water partition coefficient (Wildman–Crippen LogP) is 1.78. The van der Waals surface area contributed by atoms with Gasteiger partial charge < -0.3 is 10.0 Å². The SMILES string of the molecule is Cc1cc(N2CC(C(=O)O)C3(CCC3)C2)nc(C)n1. The number of aryl methyl sites for hydroxylation is 2. The van der Waals surface area contributed by atoms with E-state index >= 15 is 0 Å². The van der Waals surface area contributed by atoms with Gasteiger partial charge in [-0.3, -0.25) is 4.79 Å². The van der Waals surface area contributed by atoms with E-state index in [0.717, 1.165) is 43.1 Å². The lowest BCUT2D eigenvalue weighted by Crippen LogP contribution is -2.40. The Bertz CT molecular complexity index is 505. The first-order valence-electron chi connectivity index (χ1n) is 6.80. The molecule has 1 aliphatic heterocycles. The molecule has 0 bridgehead atoms. The summed E-state index contributed by atoms with van der Waals surface area (Å²) in [4.78, 5) is 22.3. The molecule has 0 aromatic carbocycles. The minimum atomic E-state index is -0.662. The van der Waals surface area contributed by atoms with E-state index in [9.17, 15) is 9.90 Å². The summed E-state index contributed by atoms with van der Waals surface area (Å²) in [6.45, 7) is 5.22. The molecule has 5 nitrogen and oxygen atoms in total. The standard InChI is InChI=1S/C14H19N3O2/c1-9-6-12(16-10(2)15-9)17-7-11(13(18)19)14(8-17)4-3-5-14/h6,11H,3-5,7-8H2,1-2H3,(H,18,19). The van der Waals surface area contributed by atoms with Gasteiger partial charge in [-0.2, -0.15) is 0 Å². The summed E-state index contributed by atoms with van der Waals surface area (Å²) in [5.74, 6) is 0.706. The molecular formula is C14H19N3O2. The predicted molar refractivity (Wildman–Crippen MR) is 71.1 cm³/mol. The van der Waals surface area contributed by atoms with Crippen molar-refractivity contribution in [1.82, 2.24) is 9.97 Å². The molecule has 1 spiro atoms. The lowest BCUT2D eigenvalue weighted by molar-refractivity contribution is -0.146. The highest BCUT2D eigenvalue weighted by molar-refractivity contribution is 5.73. The lowest BCUT2D eigenvalue weighted by atomic mass is 9.63. The van der Waals surface area contributed by atoms with Crippen LogP contribution in [0.25, 0.3) is 0 Å². The first-order valence-corrected chi connectivity index (χ1v) is 6.80. The van der Waals surface area contributed by atoms with Crippen LogP contribution >= 0.6 is 0 Å². The Balaban J connectivity index is 1.89.